The summed E-state index contributed by atoms with van der Waals surface area (Å²) in [5.74, 6) is 0.240. The van der Waals surface area contributed by atoms with Crippen molar-refractivity contribution >= 4 is 23.2 Å². The van der Waals surface area contributed by atoms with Crippen LogP contribution in [0, 0.1) is 20.8 Å². The quantitative estimate of drug-likeness (QED) is 0.439. The Morgan fingerprint density at radius 1 is 0.853 bits per heavy atom. The number of amides is 2. The molecule has 178 valence electrons. The fourth-order valence-corrected chi connectivity index (χ4v) is 3.61. The molecule has 0 saturated carbocycles. The minimum Gasteiger partial charge on any atom is -0.481 e. The van der Waals surface area contributed by atoms with Crippen molar-refractivity contribution in [3.05, 3.63) is 88.5 Å². The molecular formula is C29H34N2O3. The topological polar surface area (TPSA) is 67.4 Å². The lowest BCUT2D eigenvalue weighted by Gasteiger charge is -2.19. The molecule has 0 bridgehead atoms. The zero-order valence-electron chi connectivity index (χ0n) is 21.1. The first-order valence-electron chi connectivity index (χ1n) is 11.5. The lowest BCUT2D eigenvalue weighted by atomic mass is 9.87. The zero-order valence-corrected chi connectivity index (χ0v) is 21.1. The van der Waals surface area contributed by atoms with Crippen LogP contribution in [0.4, 0.5) is 11.4 Å². The molecule has 0 spiro atoms. The Bertz CT molecular complexity index is 1190. The van der Waals surface area contributed by atoms with Gasteiger partial charge in [-0.15, -0.1) is 0 Å². The summed E-state index contributed by atoms with van der Waals surface area (Å²) in [6.07, 6.45) is -0.681. The van der Waals surface area contributed by atoms with Crippen LogP contribution in [-0.2, 0) is 10.2 Å². The molecule has 5 heteroatoms. The van der Waals surface area contributed by atoms with Crippen LogP contribution in [-0.4, -0.2) is 17.9 Å². The van der Waals surface area contributed by atoms with Gasteiger partial charge < -0.3 is 15.4 Å². The van der Waals surface area contributed by atoms with Gasteiger partial charge in [0.05, 0.1) is 0 Å². The van der Waals surface area contributed by atoms with Crippen LogP contribution in [0.1, 0.15) is 60.3 Å². The second-order valence-corrected chi connectivity index (χ2v) is 9.82. The number of benzene rings is 3. The van der Waals surface area contributed by atoms with Crippen LogP contribution < -0.4 is 15.4 Å². The van der Waals surface area contributed by atoms with E-state index in [-0.39, 0.29) is 17.2 Å². The predicted molar refractivity (Wildman–Crippen MR) is 139 cm³/mol. The minimum absolute atomic E-state index is 0.0270. The maximum absolute atomic E-state index is 12.7. The summed E-state index contributed by atoms with van der Waals surface area (Å²) in [5, 5.41) is 5.77. The predicted octanol–water partition coefficient (Wildman–Crippen LogP) is 6.57. The third kappa shape index (κ3) is 6.25. The minimum atomic E-state index is -0.681. The van der Waals surface area contributed by atoms with Crippen LogP contribution in [0.15, 0.2) is 60.7 Å². The van der Waals surface area contributed by atoms with Gasteiger partial charge in [-0.1, -0.05) is 45.0 Å². The van der Waals surface area contributed by atoms with Crippen LogP contribution in [0.3, 0.4) is 0 Å². The van der Waals surface area contributed by atoms with Gasteiger partial charge in [0.15, 0.2) is 6.10 Å². The molecule has 0 aliphatic rings. The summed E-state index contributed by atoms with van der Waals surface area (Å²) in [4.78, 5) is 25.4. The standard InChI is InChI=1S/C29H34N2O3/c1-18-15-19(2)20(3)26(16-18)34-21(4)27(32)30-24-9-8-10-25(17-24)31-28(33)22-11-13-23(14-12-22)29(5,6)7/h8-17,21H,1-7H3,(H,30,32)(H,31,33)/t21-/m1/s1. The van der Waals surface area contributed by atoms with Crippen molar-refractivity contribution < 1.29 is 14.3 Å². The Morgan fingerprint density at radius 2 is 1.47 bits per heavy atom. The molecule has 1 atom stereocenters. The Labute approximate surface area is 202 Å². The second kappa shape index (κ2) is 10.1. The van der Waals surface area contributed by atoms with Gasteiger partial charge in [-0.2, -0.15) is 0 Å². The normalized spacial score (nSPS) is 12.1. The first-order valence-corrected chi connectivity index (χ1v) is 11.5. The lowest BCUT2D eigenvalue weighted by Crippen LogP contribution is -2.30. The van der Waals surface area contributed by atoms with E-state index in [2.05, 4.69) is 37.5 Å². The van der Waals surface area contributed by atoms with Crippen LogP contribution >= 0.6 is 0 Å². The van der Waals surface area contributed by atoms with E-state index in [4.69, 9.17) is 4.74 Å². The molecule has 0 aromatic heterocycles. The van der Waals surface area contributed by atoms with Crippen molar-refractivity contribution in [2.24, 2.45) is 0 Å². The number of aryl methyl sites for hydroxylation is 2. The summed E-state index contributed by atoms with van der Waals surface area (Å²) in [6.45, 7) is 14.1. The Morgan fingerprint density at radius 3 is 2.09 bits per heavy atom. The number of hydrogen-bond donors (Lipinski definition) is 2. The van der Waals surface area contributed by atoms with E-state index < -0.39 is 6.10 Å². The van der Waals surface area contributed by atoms with Gasteiger partial charge in [-0.25, -0.2) is 0 Å². The molecule has 0 saturated heterocycles. The van der Waals surface area contributed by atoms with E-state index in [0.29, 0.717) is 22.7 Å². The second-order valence-electron chi connectivity index (χ2n) is 9.82. The van der Waals surface area contributed by atoms with Gasteiger partial charge in [-0.05, 0) is 91.8 Å². The molecule has 3 rings (SSSR count). The van der Waals surface area contributed by atoms with Crippen molar-refractivity contribution in [1.29, 1.82) is 0 Å². The van der Waals surface area contributed by atoms with Gasteiger partial charge in [0.2, 0.25) is 0 Å². The summed E-state index contributed by atoms with van der Waals surface area (Å²) in [5.41, 5.74) is 6.18. The summed E-state index contributed by atoms with van der Waals surface area (Å²) in [7, 11) is 0. The maximum atomic E-state index is 12.7. The van der Waals surface area contributed by atoms with Crippen LogP contribution in [0.2, 0.25) is 0 Å². The number of rotatable bonds is 6. The molecule has 3 aromatic carbocycles. The van der Waals surface area contributed by atoms with Gasteiger partial charge in [0.25, 0.3) is 11.8 Å². The Hall–Kier alpha value is -3.60. The fourth-order valence-electron chi connectivity index (χ4n) is 3.61. The van der Waals surface area contributed by atoms with Crippen molar-refractivity contribution in [3.8, 4) is 5.75 Å². The molecule has 2 amide bonds. The van der Waals surface area contributed by atoms with E-state index in [0.717, 1.165) is 16.7 Å². The molecular weight excluding hydrogens is 424 g/mol. The number of anilines is 2. The molecule has 0 unspecified atom stereocenters. The molecule has 0 fully saturated rings. The fraction of sp³-hybridized carbons (Fsp3) is 0.310. The number of ether oxygens (including phenoxy) is 1. The first kappa shape index (κ1) is 25.0. The Balaban J connectivity index is 1.65. The van der Waals surface area contributed by atoms with Gasteiger partial charge >= 0.3 is 0 Å². The van der Waals surface area contributed by atoms with Crippen LogP contribution in [0.5, 0.6) is 5.75 Å². The number of hydrogen-bond acceptors (Lipinski definition) is 3. The average molecular weight is 459 g/mol. The van der Waals surface area contributed by atoms with Crippen LogP contribution in [0.25, 0.3) is 0 Å². The Kier molecular flexibility index (Phi) is 7.45. The molecule has 3 aromatic rings. The number of carbonyl (C=O) groups excluding carboxylic acids is 2. The largest absolute Gasteiger partial charge is 0.481 e. The van der Waals surface area contributed by atoms with Crippen molar-refractivity contribution in [2.45, 2.75) is 60.0 Å². The highest BCUT2D eigenvalue weighted by Gasteiger charge is 2.18. The van der Waals surface area contributed by atoms with E-state index in [9.17, 15) is 9.59 Å². The molecule has 0 radical (unpaired) electrons. The number of carbonyl (C=O) groups is 2. The smallest absolute Gasteiger partial charge is 0.265 e. The van der Waals surface area contributed by atoms with Gasteiger partial charge in [-0.3, -0.25) is 9.59 Å². The molecule has 0 aliphatic carbocycles. The van der Waals surface area contributed by atoms with Crippen molar-refractivity contribution in [2.75, 3.05) is 10.6 Å². The van der Waals surface area contributed by atoms with E-state index in [1.54, 1.807) is 31.2 Å². The van der Waals surface area contributed by atoms with Crippen molar-refractivity contribution in [3.63, 3.8) is 0 Å². The van der Waals surface area contributed by atoms with Gasteiger partial charge in [0, 0.05) is 16.9 Å². The third-order valence-corrected chi connectivity index (χ3v) is 5.84. The van der Waals surface area contributed by atoms with Crippen molar-refractivity contribution in [1.82, 2.24) is 0 Å². The highest BCUT2D eigenvalue weighted by atomic mass is 16.5. The average Bonchev–Trinajstić information content (AvgIpc) is 2.76. The van der Waals surface area contributed by atoms with E-state index in [1.807, 2.05) is 51.1 Å². The summed E-state index contributed by atoms with van der Waals surface area (Å²) >= 11 is 0. The first-order chi connectivity index (χ1) is 15.9. The van der Waals surface area contributed by atoms with Gasteiger partial charge in [0.1, 0.15) is 5.75 Å². The lowest BCUT2D eigenvalue weighted by molar-refractivity contribution is -0.122. The molecule has 34 heavy (non-hydrogen) atoms. The van der Waals surface area contributed by atoms with E-state index >= 15 is 0 Å². The third-order valence-electron chi connectivity index (χ3n) is 5.84. The highest BCUT2D eigenvalue weighted by Crippen LogP contribution is 2.25. The highest BCUT2D eigenvalue weighted by molar-refractivity contribution is 6.04. The van der Waals surface area contributed by atoms with E-state index in [1.165, 1.54) is 5.56 Å². The zero-order chi connectivity index (χ0) is 25.0. The summed E-state index contributed by atoms with van der Waals surface area (Å²) in [6, 6.07) is 18.7. The number of nitrogens with one attached hydrogen (secondary N) is 2. The molecule has 2 N–H and O–H groups in total. The maximum Gasteiger partial charge on any atom is 0.265 e. The molecule has 0 heterocycles. The summed E-state index contributed by atoms with van der Waals surface area (Å²) < 4.78 is 5.95. The monoisotopic (exact) mass is 458 g/mol. The SMILES string of the molecule is Cc1cc(C)c(C)c(O[C@H](C)C(=O)Nc2cccc(NC(=O)c3ccc(C(C)(C)C)cc3)c2)c1. The molecule has 0 aliphatic heterocycles. The molecule has 5 nitrogen and oxygen atoms in total.